The van der Waals surface area contributed by atoms with E-state index in [2.05, 4.69) is 5.32 Å². The quantitative estimate of drug-likeness (QED) is 0.557. The zero-order valence-corrected chi connectivity index (χ0v) is 17.7. The van der Waals surface area contributed by atoms with Crippen LogP contribution in [-0.4, -0.2) is 32.3 Å². The van der Waals surface area contributed by atoms with Gasteiger partial charge in [-0.15, -0.1) is 0 Å². The van der Waals surface area contributed by atoms with Gasteiger partial charge in [-0.2, -0.15) is 0 Å². The average molecular weight is 418 g/mol. The summed E-state index contributed by atoms with van der Waals surface area (Å²) in [4.78, 5) is 11.7. The van der Waals surface area contributed by atoms with Crippen molar-refractivity contribution < 1.29 is 19.0 Å². The van der Waals surface area contributed by atoms with Crippen molar-refractivity contribution in [3.05, 3.63) is 83.9 Å². The van der Waals surface area contributed by atoms with E-state index in [9.17, 15) is 4.79 Å². The van der Waals surface area contributed by atoms with Crippen LogP contribution >= 0.6 is 0 Å². The van der Waals surface area contributed by atoms with Crippen LogP contribution in [0.2, 0.25) is 0 Å². The second-order valence-electron chi connectivity index (χ2n) is 7.60. The van der Waals surface area contributed by atoms with Crippen molar-refractivity contribution in [2.24, 2.45) is 0 Å². The third-order valence-electron chi connectivity index (χ3n) is 5.39. The number of hydrogen-bond acceptors (Lipinski definition) is 5. The Morgan fingerprint density at radius 2 is 1.61 bits per heavy atom. The summed E-state index contributed by atoms with van der Waals surface area (Å²) in [6.45, 7) is 2.53. The third kappa shape index (κ3) is 5.64. The molecule has 31 heavy (non-hydrogen) atoms. The molecule has 0 unspecified atom stereocenters. The summed E-state index contributed by atoms with van der Waals surface area (Å²) in [6.07, 6.45) is 2.40. The Morgan fingerprint density at radius 3 is 2.32 bits per heavy atom. The van der Waals surface area contributed by atoms with E-state index in [1.54, 1.807) is 6.07 Å². The Hall–Kier alpha value is -3.31. The molecule has 1 saturated heterocycles. The van der Waals surface area contributed by atoms with Gasteiger partial charge in [0.05, 0.1) is 12.7 Å². The van der Waals surface area contributed by atoms with Crippen LogP contribution in [0.25, 0.3) is 11.1 Å². The van der Waals surface area contributed by atoms with Crippen molar-refractivity contribution in [3.8, 4) is 22.6 Å². The maximum absolute atomic E-state index is 11.7. The molecule has 0 bridgehead atoms. The zero-order chi connectivity index (χ0) is 21.5. The molecule has 1 fully saturated rings. The van der Waals surface area contributed by atoms with Gasteiger partial charge >= 0.3 is 5.97 Å². The molecule has 3 aromatic carbocycles. The second kappa shape index (κ2) is 10.1. The first kappa shape index (κ1) is 20.9. The topological polar surface area (TPSA) is 56.8 Å². The normalized spacial score (nSPS) is 14.1. The maximum atomic E-state index is 11.7. The number of carbonyl (C=O) groups excluding carboxylic acids is 1. The summed E-state index contributed by atoms with van der Waals surface area (Å²) in [5.41, 5.74) is 3.59. The molecule has 0 atom stereocenters. The number of hydrogen-bond donors (Lipinski definition) is 1. The van der Waals surface area contributed by atoms with Gasteiger partial charge in [0.2, 0.25) is 0 Å². The first-order valence-corrected chi connectivity index (χ1v) is 10.6. The molecular weight excluding hydrogens is 390 g/mol. The lowest BCUT2D eigenvalue weighted by molar-refractivity contribution is 0.0601. The van der Waals surface area contributed by atoms with Crippen molar-refractivity contribution in [1.82, 2.24) is 5.32 Å². The Balaban J connectivity index is 1.32. The summed E-state index contributed by atoms with van der Waals surface area (Å²) < 4.78 is 16.8. The fourth-order valence-corrected chi connectivity index (χ4v) is 3.62. The van der Waals surface area contributed by atoms with Gasteiger partial charge in [-0.05, 0) is 79.0 Å². The van der Waals surface area contributed by atoms with E-state index in [-0.39, 0.29) is 5.97 Å². The van der Waals surface area contributed by atoms with Gasteiger partial charge in [-0.3, -0.25) is 0 Å². The van der Waals surface area contributed by atoms with Gasteiger partial charge in [0.1, 0.15) is 24.2 Å². The monoisotopic (exact) mass is 417 g/mol. The molecule has 0 aliphatic carbocycles. The highest BCUT2D eigenvalue weighted by Crippen LogP contribution is 2.24. The number of nitrogens with one attached hydrogen (secondary N) is 1. The van der Waals surface area contributed by atoms with Crippen LogP contribution in [0.3, 0.4) is 0 Å². The van der Waals surface area contributed by atoms with E-state index in [0.29, 0.717) is 18.3 Å². The molecule has 0 saturated carbocycles. The maximum Gasteiger partial charge on any atom is 0.337 e. The molecule has 1 aliphatic heterocycles. The van der Waals surface area contributed by atoms with Crippen molar-refractivity contribution in [2.45, 2.75) is 25.6 Å². The first-order chi connectivity index (χ1) is 15.2. The van der Waals surface area contributed by atoms with Gasteiger partial charge in [-0.25, -0.2) is 4.79 Å². The van der Waals surface area contributed by atoms with E-state index in [1.165, 1.54) is 7.11 Å². The Morgan fingerprint density at radius 1 is 0.903 bits per heavy atom. The summed E-state index contributed by atoms with van der Waals surface area (Å²) in [7, 11) is 1.39. The summed E-state index contributed by atoms with van der Waals surface area (Å²) >= 11 is 0. The van der Waals surface area contributed by atoms with Crippen molar-refractivity contribution >= 4 is 5.97 Å². The molecule has 5 nitrogen and oxygen atoms in total. The average Bonchev–Trinajstić information content (AvgIpc) is 2.84. The molecule has 0 radical (unpaired) electrons. The highest BCUT2D eigenvalue weighted by Gasteiger charge is 2.14. The fraction of sp³-hybridized carbons (Fsp3) is 0.269. The van der Waals surface area contributed by atoms with E-state index in [0.717, 1.165) is 54.1 Å². The highest BCUT2D eigenvalue weighted by atomic mass is 16.5. The van der Waals surface area contributed by atoms with Crippen molar-refractivity contribution in [1.29, 1.82) is 0 Å². The Bertz CT molecular complexity index is 993. The molecule has 1 N–H and O–H groups in total. The van der Waals surface area contributed by atoms with E-state index < -0.39 is 0 Å². The molecule has 1 heterocycles. The predicted molar refractivity (Wildman–Crippen MR) is 121 cm³/mol. The summed E-state index contributed by atoms with van der Waals surface area (Å²) in [6, 6.07) is 23.4. The summed E-state index contributed by atoms with van der Waals surface area (Å²) in [5, 5.41) is 3.35. The minimum Gasteiger partial charge on any atom is -0.490 e. The van der Waals surface area contributed by atoms with E-state index in [1.807, 2.05) is 66.7 Å². The van der Waals surface area contributed by atoms with Crippen LogP contribution in [-0.2, 0) is 11.3 Å². The van der Waals surface area contributed by atoms with Crippen LogP contribution in [0, 0.1) is 0 Å². The van der Waals surface area contributed by atoms with Crippen LogP contribution < -0.4 is 14.8 Å². The van der Waals surface area contributed by atoms with Crippen molar-refractivity contribution in [3.63, 3.8) is 0 Å². The number of piperidine rings is 1. The molecule has 5 heteroatoms. The van der Waals surface area contributed by atoms with Gasteiger partial charge in [0, 0.05) is 0 Å². The third-order valence-corrected chi connectivity index (χ3v) is 5.39. The lowest BCUT2D eigenvalue weighted by Crippen LogP contribution is -2.34. The van der Waals surface area contributed by atoms with Crippen LogP contribution in [0.5, 0.6) is 11.5 Å². The Kier molecular flexibility index (Phi) is 6.85. The zero-order valence-electron chi connectivity index (χ0n) is 17.7. The smallest absolute Gasteiger partial charge is 0.337 e. The van der Waals surface area contributed by atoms with Gasteiger partial charge in [-0.1, -0.05) is 36.4 Å². The molecule has 160 valence electrons. The minimum atomic E-state index is -0.339. The SMILES string of the molecule is COC(=O)c1cccc(-c2ccc(OCc3ccc(OC4CCNCC4)cc3)cc2)c1. The minimum absolute atomic E-state index is 0.301. The van der Waals surface area contributed by atoms with E-state index >= 15 is 0 Å². The lowest BCUT2D eigenvalue weighted by atomic mass is 10.0. The van der Waals surface area contributed by atoms with Gasteiger partial charge in [0.25, 0.3) is 0 Å². The second-order valence-corrected chi connectivity index (χ2v) is 7.60. The Labute approximate surface area is 183 Å². The molecule has 0 amide bonds. The number of benzene rings is 3. The molecule has 4 rings (SSSR count). The molecule has 0 aromatic heterocycles. The van der Waals surface area contributed by atoms with E-state index in [4.69, 9.17) is 14.2 Å². The number of esters is 1. The number of rotatable bonds is 7. The van der Waals surface area contributed by atoms with Gasteiger partial charge < -0.3 is 19.5 Å². The first-order valence-electron chi connectivity index (χ1n) is 10.6. The van der Waals surface area contributed by atoms with Crippen molar-refractivity contribution in [2.75, 3.05) is 20.2 Å². The van der Waals surface area contributed by atoms with Crippen LogP contribution in [0.1, 0.15) is 28.8 Å². The van der Waals surface area contributed by atoms with Crippen LogP contribution in [0.4, 0.5) is 0 Å². The highest BCUT2D eigenvalue weighted by molar-refractivity contribution is 5.90. The standard InChI is InChI=1S/C26H27NO4/c1-29-26(28)22-4-2-3-21(17-22)20-7-11-23(12-8-20)30-18-19-5-9-24(10-6-19)31-25-13-15-27-16-14-25/h2-12,17,25,27H,13-16,18H2,1H3. The summed E-state index contributed by atoms with van der Waals surface area (Å²) in [5.74, 6) is 1.37. The molecule has 0 spiro atoms. The predicted octanol–water partition coefficient (Wildman–Crippen LogP) is 4.85. The molecule has 1 aliphatic rings. The number of ether oxygens (including phenoxy) is 3. The number of methoxy groups -OCH3 is 1. The number of carbonyl (C=O) groups is 1. The molecular formula is C26H27NO4. The molecule has 3 aromatic rings. The van der Waals surface area contributed by atoms with Crippen LogP contribution in [0.15, 0.2) is 72.8 Å². The lowest BCUT2D eigenvalue weighted by Gasteiger charge is -2.23. The largest absolute Gasteiger partial charge is 0.490 e. The van der Waals surface area contributed by atoms with Gasteiger partial charge in [0.15, 0.2) is 0 Å². The fourth-order valence-electron chi connectivity index (χ4n) is 3.62.